The number of rotatable bonds is 5. The first kappa shape index (κ1) is 17.5. The van der Waals surface area contributed by atoms with Gasteiger partial charge in [-0.25, -0.2) is 4.79 Å². The molecule has 5 nitrogen and oxygen atoms in total. The van der Waals surface area contributed by atoms with Crippen LogP contribution in [0.15, 0.2) is 66.7 Å². The molecule has 3 aromatic carbocycles. The van der Waals surface area contributed by atoms with Crippen molar-refractivity contribution in [1.29, 1.82) is 0 Å². The summed E-state index contributed by atoms with van der Waals surface area (Å²) in [4.78, 5) is 24.3. The van der Waals surface area contributed by atoms with Crippen LogP contribution >= 0.6 is 0 Å². The van der Waals surface area contributed by atoms with E-state index in [4.69, 9.17) is 9.47 Å². The second-order valence-electron chi connectivity index (χ2n) is 5.80. The summed E-state index contributed by atoms with van der Waals surface area (Å²) in [5.74, 6) is -0.258. The Balaban J connectivity index is 1.72. The number of hydrogen-bond donors (Lipinski definition) is 1. The molecule has 132 valence electrons. The van der Waals surface area contributed by atoms with E-state index < -0.39 is 12.1 Å². The lowest BCUT2D eigenvalue weighted by atomic mass is 10.1. The fraction of sp³-hybridized carbons (Fsp3) is 0.143. The highest BCUT2D eigenvalue weighted by molar-refractivity contribution is 6.02. The molecule has 0 aliphatic carbocycles. The van der Waals surface area contributed by atoms with Gasteiger partial charge in [0.1, 0.15) is 5.75 Å². The summed E-state index contributed by atoms with van der Waals surface area (Å²) >= 11 is 0. The number of hydrogen-bond acceptors (Lipinski definition) is 4. The van der Waals surface area contributed by atoms with Crippen LogP contribution in [0.5, 0.6) is 5.75 Å². The van der Waals surface area contributed by atoms with E-state index in [1.165, 1.54) is 7.11 Å². The average Bonchev–Trinajstić information content (AvgIpc) is 2.67. The maximum absolute atomic E-state index is 12.5. The third-order valence-corrected chi connectivity index (χ3v) is 3.99. The zero-order chi connectivity index (χ0) is 18.5. The first-order valence-corrected chi connectivity index (χ1v) is 8.22. The molecule has 0 aliphatic rings. The van der Waals surface area contributed by atoms with E-state index in [2.05, 4.69) is 5.32 Å². The van der Waals surface area contributed by atoms with Gasteiger partial charge in [0, 0.05) is 0 Å². The predicted octanol–water partition coefficient (Wildman–Crippen LogP) is 4.03. The Kier molecular flexibility index (Phi) is 5.17. The van der Waals surface area contributed by atoms with Crippen LogP contribution in [0.1, 0.15) is 17.3 Å². The van der Waals surface area contributed by atoms with E-state index in [0.29, 0.717) is 17.0 Å². The number of carbonyl (C=O) groups is 2. The largest absolute Gasteiger partial charge is 0.481 e. The molecular formula is C21H19NO4. The van der Waals surface area contributed by atoms with Crippen molar-refractivity contribution in [2.75, 3.05) is 12.4 Å². The van der Waals surface area contributed by atoms with Crippen molar-refractivity contribution >= 4 is 28.3 Å². The molecule has 0 spiro atoms. The van der Waals surface area contributed by atoms with Crippen LogP contribution in [-0.2, 0) is 9.53 Å². The summed E-state index contributed by atoms with van der Waals surface area (Å²) in [5.41, 5.74) is 0.680. The Morgan fingerprint density at radius 1 is 0.923 bits per heavy atom. The van der Waals surface area contributed by atoms with Crippen LogP contribution in [0.25, 0.3) is 10.8 Å². The van der Waals surface area contributed by atoms with Gasteiger partial charge in [-0.15, -0.1) is 0 Å². The molecule has 26 heavy (non-hydrogen) atoms. The Hall–Kier alpha value is -3.34. The number of amides is 1. The van der Waals surface area contributed by atoms with E-state index in [-0.39, 0.29) is 5.91 Å². The smallest absolute Gasteiger partial charge is 0.339 e. The Labute approximate surface area is 151 Å². The minimum Gasteiger partial charge on any atom is -0.481 e. The van der Waals surface area contributed by atoms with Crippen molar-refractivity contribution in [2.24, 2.45) is 0 Å². The molecule has 0 fully saturated rings. The quantitative estimate of drug-likeness (QED) is 0.706. The van der Waals surface area contributed by atoms with E-state index in [1.54, 1.807) is 31.2 Å². The second kappa shape index (κ2) is 7.70. The molecule has 3 aromatic rings. The molecule has 0 aliphatic heterocycles. The minimum absolute atomic E-state index is 0.293. The molecule has 1 atom stereocenters. The third-order valence-electron chi connectivity index (χ3n) is 3.99. The Bertz CT molecular complexity index is 951. The molecular weight excluding hydrogens is 330 g/mol. The van der Waals surface area contributed by atoms with Gasteiger partial charge in [-0.2, -0.15) is 0 Å². The van der Waals surface area contributed by atoms with Crippen LogP contribution in [-0.4, -0.2) is 25.1 Å². The SMILES string of the molecule is COC(=O)c1ccccc1NC(=O)[C@H](C)Oc1ccc2ccccc2c1. The van der Waals surface area contributed by atoms with Crippen molar-refractivity contribution in [2.45, 2.75) is 13.0 Å². The summed E-state index contributed by atoms with van der Waals surface area (Å²) in [5, 5.41) is 4.85. The number of anilines is 1. The summed E-state index contributed by atoms with van der Waals surface area (Å²) in [6, 6.07) is 20.3. The van der Waals surface area contributed by atoms with Crippen LogP contribution in [0.3, 0.4) is 0 Å². The fourth-order valence-corrected chi connectivity index (χ4v) is 2.61. The standard InChI is InChI=1S/C21H19NO4/c1-14(26-17-12-11-15-7-3-4-8-16(15)13-17)20(23)22-19-10-6-5-9-18(19)21(24)25-2/h3-14H,1-2H3,(H,22,23)/t14-/m0/s1. The van der Waals surface area contributed by atoms with Gasteiger partial charge in [0.2, 0.25) is 0 Å². The Morgan fingerprint density at radius 2 is 1.62 bits per heavy atom. The van der Waals surface area contributed by atoms with Crippen LogP contribution in [0, 0.1) is 0 Å². The van der Waals surface area contributed by atoms with Crippen molar-refractivity contribution in [3.05, 3.63) is 72.3 Å². The topological polar surface area (TPSA) is 64.6 Å². The number of nitrogens with one attached hydrogen (secondary N) is 1. The van der Waals surface area contributed by atoms with Gasteiger partial charge in [-0.1, -0.05) is 42.5 Å². The van der Waals surface area contributed by atoms with Gasteiger partial charge in [0.05, 0.1) is 18.4 Å². The number of esters is 1. The summed E-state index contributed by atoms with van der Waals surface area (Å²) in [7, 11) is 1.30. The van der Waals surface area contributed by atoms with Crippen LogP contribution in [0.2, 0.25) is 0 Å². The normalized spacial score (nSPS) is 11.6. The number of benzene rings is 3. The van der Waals surface area contributed by atoms with Crippen molar-refractivity contribution in [1.82, 2.24) is 0 Å². The van der Waals surface area contributed by atoms with Crippen molar-refractivity contribution in [3.63, 3.8) is 0 Å². The molecule has 1 N–H and O–H groups in total. The van der Waals surface area contributed by atoms with Gasteiger partial charge in [0.15, 0.2) is 6.10 Å². The Morgan fingerprint density at radius 3 is 2.38 bits per heavy atom. The molecule has 0 saturated carbocycles. The van der Waals surface area contributed by atoms with Crippen LogP contribution < -0.4 is 10.1 Å². The van der Waals surface area contributed by atoms with Gasteiger partial charge in [-0.05, 0) is 42.0 Å². The first-order chi connectivity index (χ1) is 12.6. The molecule has 0 radical (unpaired) electrons. The van der Waals surface area contributed by atoms with Gasteiger partial charge in [0.25, 0.3) is 5.91 Å². The molecule has 5 heteroatoms. The number of carbonyl (C=O) groups excluding carboxylic acids is 2. The maximum Gasteiger partial charge on any atom is 0.339 e. The highest BCUT2D eigenvalue weighted by atomic mass is 16.5. The molecule has 0 unspecified atom stereocenters. The zero-order valence-corrected chi connectivity index (χ0v) is 14.6. The molecule has 1 amide bonds. The third kappa shape index (κ3) is 3.83. The maximum atomic E-state index is 12.5. The monoisotopic (exact) mass is 349 g/mol. The predicted molar refractivity (Wildman–Crippen MR) is 100 cm³/mol. The number of fused-ring (bicyclic) bond motifs is 1. The molecule has 3 rings (SSSR count). The second-order valence-corrected chi connectivity index (χ2v) is 5.80. The number of methoxy groups -OCH3 is 1. The van der Waals surface area contributed by atoms with Gasteiger partial charge in [-0.3, -0.25) is 4.79 Å². The molecule has 0 aromatic heterocycles. The lowest BCUT2D eigenvalue weighted by Gasteiger charge is -2.16. The summed E-state index contributed by atoms with van der Waals surface area (Å²) < 4.78 is 10.5. The van der Waals surface area contributed by atoms with Crippen molar-refractivity contribution in [3.8, 4) is 5.75 Å². The summed E-state index contributed by atoms with van der Waals surface area (Å²) in [6.45, 7) is 1.66. The average molecular weight is 349 g/mol. The lowest BCUT2D eigenvalue weighted by Crippen LogP contribution is -2.30. The van der Waals surface area contributed by atoms with Gasteiger partial charge >= 0.3 is 5.97 Å². The number of para-hydroxylation sites is 1. The first-order valence-electron chi connectivity index (χ1n) is 8.22. The summed E-state index contributed by atoms with van der Waals surface area (Å²) in [6.07, 6.45) is -0.734. The van der Waals surface area contributed by atoms with Crippen LogP contribution in [0.4, 0.5) is 5.69 Å². The van der Waals surface area contributed by atoms with Gasteiger partial charge < -0.3 is 14.8 Å². The lowest BCUT2D eigenvalue weighted by molar-refractivity contribution is -0.122. The zero-order valence-electron chi connectivity index (χ0n) is 14.6. The highest BCUT2D eigenvalue weighted by Gasteiger charge is 2.18. The van der Waals surface area contributed by atoms with E-state index in [9.17, 15) is 9.59 Å². The molecule has 0 heterocycles. The van der Waals surface area contributed by atoms with E-state index in [0.717, 1.165) is 10.8 Å². The van der Waals surface area contributed by atoms with E-state index >= 15 is 0 Å². The minimum atomic E-state index is -0.734. The molecule has 0 saturated heterocycles. The highest BCUT2D eigenvalue weighted by Crippen LogP contribution is 2.22. The molecule has 0 bridgehead atoms. The fourth-order valence-electron chi connectivity index (χ4n) is 2.61. The van der Waals surface area contributed by atoms with E-state index in [1.807, 2.05) is 42.5 Å². The van der Waals surface area contributed by atoms with Crippen molar-refractivity contribution < 1.29 is 19.1 Å². The number of ether oxygens (including phenoxy) is 2.